The largest absolute Gasteiger partial charge is 0.382 e. The number of benzene rings is 1. The second-order valence-electron chi connectivity index (χ2n) is 5.84. The predicted molar refractivity (Wildman–Crippen MR) is 92.7 cm³/mol. The molecule has 0 fully saturated rings. The molecule has 0 heterocycles. The lowest BCUT2D eigenvalue weighted by Crippen LogP contribution is -2.13. The number of hydrogen-bond acceptors (Lipinski definition) is 3. The molecule has 0 saturated heterocycles. The molecular weight excluding hydrogens is 296 g/mol. The Morgan fingerprint density at radius 3 is 1.82 bits per heavy atom. The molecule has 0 N–H and O–H groups in total. The summed E-state index contributed by atoms with van der Waals surface area (Å²) in [5, 5.41) is 0. The van der Waals surface area contributed by atoms with Gasteiger partial charge in [0.1, 0.15) is 5.75 Å². The van der Waals surface area contributed by atoms with E-state index in [0.29, 0.717) is 12.2 Å². The van der Waals surface area contributed by atoms with Crippen LogP contribution in [0.5, 0.6) is 5.75 Å². The van der Waals surface area contributed by atoms with Gasteiger partial charge in [-0.25, -0.2) is 0 Å². The highest BCUT2D eigenvalue weighted by Crippen LogP contribution is 2.14. The molecule has 0 aliphatic carbocycles. The van der Waals surface area contributed by atoms with Crippen molar-refractivity contribution >= 4 is 10.1 Å². The Morgan fingerprint density at radius 1 is 0.773 bits per heavy atom. The summed E-state index contributed by atoms with van der Waals surface area (Å²) < 4.78 is 28.7. The average molecular weight is 327 g/mol. The number of unbranched alkanes of at least 4 members (excludes halogenated alkanes) is 9. The monoisotopic (exact) mass is 326 g/mol. The van der Waals surface area contributed by atoms with Gasteiger partial charge >= 0.3 is 10.1 Å². The molecule has 0 atom stereocenters. The van der Waals surface area contributed by atoms with Crippen LogP contribution in [0.25, 0.3) is 0 Å². The molecule has 22 heavy (non-hydrogen) atoms. The zero-order valence-electron chi connectivity index (χ0n) is 13.8. The molecule has 0 aliphatic rings. The van der Waals surface area contributed by atoms with Crippen molar-refractivity contribution in [2.24, 2.45) is 0 Å². The van der Waals surface area contributed by atoms with E-state index >= 15 is 0 Å². The van der Waals surface area contributed by atoms with Crippen molar-refractivity contribution in [1.82, 2.24) is 0 Å². The fourth-order valence-electron chi connectivity index (χ4n) is 2.43. The SMILES string of the molecule is CCCCCCCCCCCCS(=O)(=O)Oc1ccccc1. The number of hydrogen-bond donors (Lipinski definition) is 0. The summed E-state index contributed by atoms with van der Waals surface area (Å²) >= 11 is 0. The second kappa shape index (κ2) is 11.5. The zero-order valence-corrected chi connectivity index (χ0v) is 14.6. The molecule has 126 valence electrons. The van der Waals surface area contributed by atoms with Gasteiger partial charge in [-0.05, 0) is 18.6 Å². The molecule has 4 heteroatoms. The Balaban J connectivity index is 2.02. The minimum absolute atomic E-state index is 0.110. The van der Waals surface area contributed by atoms with Gasteiger partial charge in [-0.1, -0.05) is 82.9 Å². The molecule has 1 aromatic rings. The topological polar surface area (TPSA) is 43.4 Å². The van der Waals surface area contributed by atoms with Crippen LogP contribution in [-0.4, -0.2) is 14.2 Å². The first-order valence-corrected chi connectivity index (χ1v) is 10.2. The van der Waals surface area contributed by atoms with Gasteiger partial charge in [0.2, 0.25) is 0 Å². The molecule has 3 nitrogen and oxygen atoms in total. The molecule has 0 unspecified atom stereocenters. The Morgan fingerprint density at radius 2 is 1.27 bits per heavy atom. The van der Waals surface area contributed by atoms with Crippen LogP contribution in [0.15, 0.2) is 30.3 Å². The minimum atomic E-state index is -3.44. The van der Waals surface area contributed by atoms with Crippen molar-refractivity contribution in [3.63, 3.8) is 0 Å². The van der Waals surface area contributed by atoms with Crippen molar-refractivity contribution < 1.29 is 12.6 Å². The van der Waals surface area contributed by atoms with Gasteiger partial charge in [-0.3, -0.25) is 0 Å². The van der Waals surface area contributed by atoms with E-state index < -0.39 is 10.1 Å². The third-order valence-corrected chi connectivity index (χ3v) is 4.95. The van der Waals surface area contributed by atoms with Crippen molar-refractivity contribution in [1.29, 1.82) is 0 Å². The summed E-state index contributed by atoms with van der Waals surface area (Å²) in [5.74, 6) is 0.507. The van der Waals surface area contributed by atoms with Gasteiger partial charge in [0.25, 0.3) is 0 Å². The van der Waals surface area contributed by atoms with Crippen molar-refractivity contribution in [3.8, 4) is 5.75 Å². The van der Waals surface area contributed by atoms with E-state index in [1.807, 2.05) is 6.07 Å². The van der Waals surface area contributed by atoms with Crippen LogP contribution in [-0.2, 0) is 10.1 Å². The molecule has 0 aliphatic heterocycles. The fraction of sp³-hybridized carbons (Fsp3) is 0.667. The Kier molecular flexibility index (Phi) is 9.96. The second-order valence-corrected chi connectivity index (χ2v) is 7.53. The zero-order chi connectivity index (χ0) is 16.1. The van der Waals surface area contributed by atoms with E-state index in [9.17, 15) is 8.42 Å². The van der Waals surface area contributed by atoms with E-state index in [4.69, 9.17) is 4.18 Å². The molecule has 0 saturated carbocycles. The average Bonchev–Trinajstić information content (AvgIpc) is 2.49. The van der Waals surface area contributed by atoms with Gasteiger partial charge in [0.05, 0.1) is 5.75 Å². The van der Waals surface area contributed by atoms with E-state index in [1.54, 1.807) is 24.3 Å². The highest BCUT2D eigenvalue weighted by molar-refractivity contribution is 7.87. The number of rotatable bonds is 13. The third-order valence-electron chi connectivity index (χ3n) is 3.71. The lowest BCUT2D eigenvalue weighted by molar-refractivity contribution is 0.481. The molecule has 1 rings (SSSR count). The Labute approximate surface area is 136 Å². The van der Waals surface area contributed by atoms with Gasteiger partial charge in [0, 0.05) is 0 Å². The molecule has 0 amide bonds. The molecule has 0 aromatic heterocycles. The van der Waals surface area contributed by atoms with Gasteiger partial charge in [-0.2, -0.15) is 8.42 Å². The smallest absolute Gasteiger partial charge is 0.309 e. The summed E-state index contributed by atoms with van der Waals surface area (Å²) in [4.78, 5) is 0. The molecule has 0 bridgehead atoms. The van der Waals surface area contributed by atoms with Gasteiger partial charge < -0.3 is 4.18 Å². The first kappa shape index (κ1) is 19.0. The number of para-hydroxylation sites is 1. The van der Waals surface area contributed by atoms with E-state index in [1.165, 1.54) is 44.9 Å². The summed E-state index contributed by atoms with van der Waals surface area (Å²) in [5.41, 5.74) is 0. The molecule has 0 spiro atoms. The van der Waals surface area contributed by atoms with Gasteiger partial charge in [0.15, 0.2) is 0 Å². The fourth-order valence-corrected chi connectivity index (χ4v) is 3.48. The summed E-state index contributed by atoms with van der Waals surface area (Å²) in [6.07, 6.45) is 11.9. The molecular formula is C18H30O3S. The quantitative estimate of drug-likeness (QED) is 0.364. The maximum Gasteiger partial charge on any atom is 0.309 e. The van der Waals surface area contributed by atoms with Crippen molar-refractivity contribution in [2.75, 3.05) is 5.75 Å². The lowest BCUT2D eigenvalue weighted by atomic mass is 10.1. The van der Waals surface area contributed by atoms with E-state index in [-0.39, 0.29) is 5.75 Å². The maximum atomic E-state index is 11.8. The van der Waals surface area contributed by atoms with Crippen LogP contribution in [0.2, 0.25) is 0 Å². The minimum Gasteiger partial charge on any atom is -0.382 e. The van der Waals surface area contributed by atoms with Crippen molar-refractivity contribution in [2.45, 2.75) is 71.1 Å². The maximum absolute atomic E-state index is 11.8. The Bertz CT molecular complexity index is 468. The van der Waals surface area contributed by atoms with Crippen molar-refractivity contribution in [3.05, 3.63) is 30.3 Å². The van der Waals surface area contributed by atoms with Crippen LogP contribution in [0.4, 0.5) is 0 Å². The highest BCUT2D eigenvalue weighted by atomic mass is 32.2. The van der Waals surface area contributed by atoms with Crippen LogP contribution < -0.4 is 4.18 Å². The summed E-state index contributed by atoms with van der Waals surface area (Å²) in [6, 6.07) is 8.70. The van der Waals surface area contributed by atoms with Crippen LogP contribution >= 0.6 is 0 Å². The molecule has 0 radical (unpaired) electrons. The highest BCUT2D eigenvalue weighted by Gasteiger charge is 2.11. The summed E-state index contributed by atoms with van der Waals surface area (Å²) in [6.45, 7) is 2.23. The van der Waals surface area contributed by atoms with Crippen LogP contribution in [0.3, 0.4) is 0 Å². The summed E-state index contributed by atoms with van der Waals surface area (Å²) in [7, 11) is -3.44. The van der Waals surface area contributed by atoms with E-state index in [2.05, 4.69) is 6.92 Å². The lowest BCUT2D eigenvalue weighted by Gasteiger charge is -2.06. The molecule has 1 aromatic carbocycles. The normalized spacial score (nSPS) is 11.5. The van der Waals surface area contributed by atoms with Crippen LogP contribution in [0.1, 0.15) is 71.1 Å². The first-order chi connectivity index (χ1) is 10.6. The van der Waals surface area contributed by atoms with Gasteiger partial charge in [-0.15, -0.1) is 0 Å². The predicted octanol–water partition coefficient (Wildman–Crippen LogP) is 5.32. The first-order valence-electron chi connectivity index (χ1n) is 8.61. The van der Waals surface area contributed by atoms with E-state index in [0.717, 1.165) is 12.8 Å². The van der Waals surface area contributed by atoms with Crippen LogP contribution in [0, 0.1) is 0 Å². The standard InChI is InChI=1S/C18H30O3S/c1-2-3-4-5-6-7-8-9-10-14-17-22(19,20)21-18-15-12-11-13-16-18/h11-13,15-16H,2-10,14,17H2,1H3. The third kappa shape index (κ3) is 9.82. The Hall–Kier alpha value is -1.03.